The van der Waals surface area contributed by atoms with Gasteiger partial charge in [-0.15, -0.1) is 0 Å². The minimum atomic E-state index is 0.565. The molecule has 0 spiro atoms. The van der Waals surface area contributed by atoms with Crippen LogP contribution in [0.3, 0.4) is 0 Å². The van der Waals surface area contributed by atoms with Crippen LogP contribution >= 0.6 is 0 Å². The number of rotatable bonds is 3. The largest absolute Gasteiger partial charge is 0.0622 e. The van der Waals surface area contributed by atoms with Crippen LogP contribution in [0.4, 0.5) is 0 Å². The van der Waals surface area contributed by atoms with Gasteiger partial charge in [0.1, 0.15) is 0 Å². The molecule has 0 aliphatic rings. The molecule has 0 N–H and O–H groups in total. The van der Waals surface area contributed by atoms with Gasteiger partial charge in [0.05, 0.1) is 0 Å². The molecular weight excluding hydrogens is 300 g/mol. The van der Waals surface area contributed by atoms with Gasteiger partial charge in [0.2, 0.25) is 0 Å². The van der Waals surface area contributed by atoms with E-state index >= 15 is 0 Å². The molecule has 0 nitrogen and oxygen atoms in total. The molecule has 0 fully saturated rings. The quantitative estimate of drug-likeness (QED) is 0.371. The molecule has 0 aliphatic heterocycles. The van der Waals surface area contributed by atoms with Gasteiger partial charge < -0.3 is 0 Å². The predicted molar refractivity (Wildman–Crippen MR) is 109 cm³/mol. The maximum Gasteiger partial charge on any atom is -0.00992 e. The lowest BCUT2D eigenvalue weighted by Crippen LogP contribution is -1.87. The van der Waals surface area contributed by atoms with Crippen LogP contribution in [0.5, 0.6) is 0 Å². The van der Waals surface area contributed by atoms with Crippen molar-refractivity contribution in [2.75, 3.05) is 0 Å². The summed E-state index contributed by atoms with van der Waals surface area (Å²) >= 11 is 0. The van der Waals surface area contributed by atoms with Crippen LogP contribution in [-0.2, 0) is 0 Å². The SMILES string of the molecule is CC(C)c1ccc(-c2ccc3cccc(-c4ccccc4)c3c2)cc1. The van der Waals surface area contributed by atoms with Crippen molar-refractivity contribution < 1.29 is 0 Å². The first-order valence-electron chi connectivity index (χ1n) is 8.91. The minimum absolute atomic E-state index is 0.565. The van der Waals surface area contributed by atoms with Gasteiger partial charge in [0, 0.05) is 0 Å². The van der Waals surface area contributed by atoms with Crippen LogP contribution in [0.15, 0.2) is 91.0 Å². The highest BCUT2D eigenvalue weighted by Gasteiger charge is 2.06. The summed E-state index contributed by atoms with van der Waals surface area (Å²) in [6, 6.07) is 32.9. The third-order valence-electron chi connectivity index (χ3n) is 4.88. The Balaban J connectivity index is 1.84. The summed E-state index contributed by atoms with van der Waals surface area (Å²) in [4.78, 5) is 0. The van der Waals surface area contributed by atoms with Gasteiger partial charge in [-0.2, -0.15) is 0 Å². The van der Waals surface area contributed by atoms with E-state index in [4.69, 9.17) is 0 Å². The second kappa shape index (κ2) is 6.57. The highest BCUT2D eigenvalue weighted by Crippen LogP contribution is 2.32. The molecule has 0 aromatic heterocycles. The zero-order chi connectivity index (χ0) is 17.2. The lowest BCUT2D eigenvalue weighted by Gasteiger charge is -2.11. The molecule has 0 saturated carbocycles. The van der Waals surface area contributed by atoms with Crippen LogP contribution < -0.4 is 0 Å². The van der Waals surface area contributed by atoms with E-state index in [0.717, 1.165) is 0 Å². The van der Waals surface area contributed by atoms with Gasteiger partial charge in [0.15, 0.2) is 0 Å². The first-order valence-corrected chi connectivity index (χ1v) is 8.91. The molecule has 0 amide bonds. The summed E-state index contributed by atoms with van der Waals surface area (Å²) in [6.45, 7) is 4.47. The molecule has 4 aromatic carbocycles. The maximum atomic E-state index is 2.32. The lowest BCUT2D eigenvalue weighted by molar-refractivity contribution is 0.867. The Bertz CT molecular complexity index is 993. The molecule has 0 saturated heterocycles. The van der Waals surface area contributed by atoms with Crippen molar-refractivity contribution in [1.29, 1.82) is 0 Å². The van der Waals surface area contributed by atoms with Crippen molar-refractivity contribution in [1.82, 2.24) is 0 Å². The lowest BCUT2D eigenvalue weighted by atomic mass is 9.94. The average molecular weight is 322 g/mol. The van der Waals surface area contributed by atoms with Gasteiger partial charge in [-0.1, -0.05) is 98.8 Å². The topological polar surface area (TPSA) is 0 Å². The molecule has 25 heavy (non-hydrogen) atoms. The fourth-order valence-electron chi connectivity index (χ4n) is 3.38. The van der Waals surface area contributed by atoms with Crippen molar-refractivity contribution in [2.45, 2.75) is 19.8 Å². The summed E-state index contributed by atoms with van der Waals surface area (Å²) in [6.07, 6.45) is 0. The Hall–Kier alpha value is -2.86. The Morgan fingerprint density at radius 3 is 2.00 bits per heavy atom. The summed E-state index contributed by atoms with van der Waals surface area (Å²) < 4.78 is 0. The average Bonchev–Trinajstić information content (AvgIpc) is 2.68. The van der Waals surface area contributed by atoms with Crippen molar-refractivity contribution in [2.24, 2.45) is 0 Å². The number of benzene rings is 4. The van der Waals surface area contributed by atoms with Gasteiger partial charge in [-0.25, -0.2) is 0 Å². The fourth-order valence-corrected chi connectivity index (χ4v) is 3.38. The van der Waals surface area contributed by atoms with Crippen LogP contribution in [0.25, 0.3) is 33.0 Å². The van der Waals surface area contributed by atoms with E-state index in [1.165, 1.54) is 38.6 Å². The molecule has 0 heteroatoms. The van der Waals surface area contributed by atoms with E-state index < -0.39 is 0 Å². The normalized spacial score (nSPS) is 11.2. The van der Waals surface area contributed by atoms with Crippen molar-refractivity contribution in [3.63, 3.8) is 0 Å². The van der Waals surface area contributed by atoms with E-state index in [2.05, 4.69) is 105 Å². The van der Waals surface area contributed by atoms with Crippen LogP contribution in [-0.4, -0.2) is 0 Å². The van der Waals surface area contributed by atoms with Gasteiger partial charge >= 0.3 is 0 Å². The van der Waals surface area contributed by atoms with Crippen LogP contribution in [0.2, 0.25) is 0 Å². The zero-order valence-electron chi connectivity index (χ0n) is 14.7. The minimum Gasteiger partial charge on any atom is -0.0622 e. The second-order valence-corrected chi connectivity index (χ2v) is 6.88. The van der Waals surface area contributed by atoms with Crippen LogP contribution in [0.1, 0.15) is 25.3 Å². The molecule has 122 valence electrons. The van der Waals surface area contributed by atoms with Crippen molar-refractivity contribution in [3.8, 4) is 22.3 Å². The molecule has 0 radical (unpaired) electrons. The zero-order valence-corrected chi connectivity index (χ0v) is 14.7. The van der Waals surface area contributed by atoms with E-state index in [1.807, 2.05) is 0 Å². The molecule has 4 aromatic rings. The highest BCUT2D eigenvalue weighted by molar-refractivity contribution is 5.99. The molecule has 0 unspecified atom stereocenters. The summed E-state index contributed by atoms with van der Waals surface area (Å²) in [5.41, 5.74) is 6.48. The monoisotopic (exact) mass is 322 g/mol. The first-order chi connectivity index (χ1) is 12.2. The molecule has 0 heterocycles. The number of hydrogen-bond acceptors (Lipinski definition) is 0. The summed E-state index contributed by atoms with van der Waals surface area (Å²) in [7, 11) is 0. The standard InChI is InChI=1S/C25H22/c1-18(2)19-11-13-20(14-12-19)23-16-15-22-9-6-10-24(25(22)17-23)21-7-4-3-5-8-21/h3-18H,1-2H3. The van der Waals surface area contributed by atoms with E-state index in [1.54, 1.807) is 0 Å². The Labute approximate surface area is 149 Å². The molecule has 4 rings (SSSR count). The second-order valence-electron chi connectivity index (χ2n) is 6.88. The van der Waals surface area contributed by atoms with Gasteiger partial charge in [-0.3, -0.25) is 0 Å². The fraction of sp³-hybridized carbons (Fsp3) is 0.120. The van der Waals surface area contributed by atoms with E-state index in [9.17, 15) is 0 Å². The number of fused-ring (bicyclic) bond motifs is 1. The Morgan fingerprint density at radius 1 is 0.560 bits per heavy atom. The van der Waals surface area contributed by atoms with E-state index in [-0.39, 0.29) is 0 Å². The Kier molecular flexibility index (Phi) is 4.11. The van der Waals surface area contributed by atoms with E-state index in [0.29, 0.717) is 5.92 Å². The molecule has 0 atom stereocenters. The van der Waals surface area contributed by atoms with Crippen LogP contribution in [0, 0.1) is 0 Å². The Morgan fingerprint density at radius 2 is 1.28 bits per heavy atom. The number of hydrogen-bond donors (Lipinski definition) is 0. The third kappa shape index (κ3) is 3.08. The predicted octanol–water partition coefficient (Wildman–Crippen LogP) is 7.30. The van der Waals surface area contributed by atoms with Crippen molar-refractivity contribution >= 4 is 10.8 Å². The smallest absolute Gasteiger partial charge is 0.00992 e. The summed E-state index contributed by atoms with van der Waals surface area (Å²) in [5.74, 6) is 0.565. The highest BCUT2D eigenvalue weighted by atomic mass is 14.1. The van der Waals surface area contributed by atoms with Gasteiger partial charge in [-0.05, 0) is 50.6 Å². The summed E-state index contributed by atoms with van der Waals surface area (Å²) in [5, 5.41) is 2.59. The van der Waals surface area contributed by atoms with Gasteiger partial charge in [0.25, 0.3) is 0 Å². The molecule has 0 bridgehead atoms. The first kappa shape index (κ1) is 15.7. The van der Waals surface area contributed by atoms with Crippen molar-refractivity contribution in [3.05, 3.63) is 96.6 Å². The maximum absolute atomic E-state index is 2.32. The third-order valence-corrected chi connectivity index (χ3v) is 4.88. The molecule has 0 aliphatic carbocycles. The molecular formula is C25H22.